The number of nitrogens with one attached hydrogen (secondary N) is 2. The predicted molar refractivity (Wildman–Crippen MR) is 145 cm³/mol. The topological polar surface area (TPSA) is 146 Å². The number of nitrogens with zero attached hydrogens (tertiary/aromatic N) is 3. The monoisotopic (exact) mass is 553 g/mol. The van der Waals surface area contributed by atoms with E-state index in [2.05, 4.69) is 20.7 Å². The van der Waals surface area contributed by atoms with Crippen LogP contribution in [0.4, 0.5) is 16.2 Å². The Balaban J connectivity index is 1.76. The Bertz CT molecular complexity index is 1620. The van der Waals surface area contributed by atoms with E-state index >= 15 is 0 Å². The number of benzene rings is 2. The fourth-order valence-corrected chi connectivity index (χ4v) is 4.32. The Kier molecular flexibility index (Phi) is 7.65. The maximum absolute atomic E-state index is 12.9. The lowest BCUT2D eigenvalue weighted by molar-refractivity contribution is 0.0697. The number of carbonyl (C=O) groups excluding carboxylic acids is 1. The maximum atomic E-state index is 12.9. The van der Waals surface area contributed by atoms with Crippen LogP contribution in [-0.2, 0) is 6.54 Å². The van der Waals surface area contributed by atoms with E-state index in [0.29, 0.717) is 27.9 Å². The van der Waals surface area contributed by atoms with Crippen LogP contribution in [0.2, 0.25) is 10.0 Å². The number of aromatic nitrogens is 3. The number of amides is 2. The van der Waals surface area contributed by atoms with Crippen LogP contribution in [0, 0.1) is 6.92 Å². The smallest absolute Gasteiger partial charge is 0.335 e. The molecule has 0 bridgehead atoms. The molecule has 4 N–H and O–H groups in total. The molecule has 0 aliphatic carbocycles. The number of hydrogen-bond acceptors (Lipinski definition) is 6. The number of urea groups is 1. The number of phenolic OH excluding ortho intramolecular Hbond substituents is 1. The number of aromatic carboxylic acids is 1. The Morgan fingerprint density at radius 2 is 1.68 bits per heavy atom. The predicted octanol–water partition coefficient (Wildman–Crippen LogP) is 5.66. The first-order valence-electron chi connectivity index (χ1n) is 11.3. The molecule has 2 aromatic carbocycles. The van der Waals surface area contributed by atoms with Crippen molar-refractivity contribution in [3.05, 3.63) is 86.4 Å². The fraction of sp³-hybridized carbons (Fsp3) is 0.115. The second-order valence-electron chi connectivity index (χ2n) is 8.14. The number of rotatable bonds is 6. The van der Waals surface area contributed by atoms with Gasteiger partial charge in [-0.05, 0) is 49.2 Å². The standard InChI is InChI=1S/C26H21Cl2N5O5/c1-3-33-24(35)21(30-26(38)31-23-18(27)11-29-12-19(23)28)10-20(32-33)16-6-4-5-15(13(16)2)17-9-14(25(36)37)7-8-22(17)34/h4-12,34H,3H2,1-2H3,(H,36,37)(H2,29,30,31,38). The molecule has 4 aromatic rings. The summed E-state index contributed by atoms with van der Waals surface area (Å²) in [5, 5.41) is 29.5. The van der Waals surface area contributed by atoms with E-state index in [0.717, 1.165) is 0 Å². The van der Waals surface area contributed by atoms with Gasteiger partial charge in [0.1, 0.15) is 11.4 Å². The molecule has 38 heavy (non-hydrogen) atoms. The van der Waals surface area contributed by atoms with Gasteiger partial charge in [0.15, 0.2) is 0 Å². The van der Waals surface area contributed by atoms with Crippen molar-refractivity contribution in [3.63, 3.8) is 0 Å². The number of phenols is 1. The minimum absolute atomic E-state index is 0.0205. The molecule has 2 aromatic heterocycles. The number of aryl methyl sites for hydroxylation is 1. The Labute approximate surface area is 226 Å². The highest BCUT2D eigenvalue weighted by molar-refractivity contribution is 6.39. The van der Waals surface area contributed by atoms with Gasteiger partial charge in [-0.25, -0.2) is 14.3 Å². The molecule has 0 saturated carbocycles. The van der Waals surface area contributed by atoms with Crippen molar-refractivity contribution in [1.82, 2.24) is 14.8 Å². The molecule has 0 fully saturated rings. The lowest BCUT2D eigenvalue weighted by atomic mass is 9.93. The minimum atomic E-state index is -1.12. The molecule has 0 aliphatic rings. The largest absolute Gasteiger partial charge is 0.507 e. The van der Waals surface area contributed by atoms with Gasteiger partial charge in [-0.1, -0.05) is 41.4 Å². The van der Waals surface area contributed by atoms with Gasteiger partial charge >= 0.3 is 12.0 Å². The third-order valence-corrected chi connectivity index (χ3v) is 6.33. The highest BCUT2D eigenvalue weighted by Crippen LogP contribution is 2.36. The second kappa shape index (κ2) is 10.9. The van der Waals surface area contributed by atoms with Crippen molar-refractivity contribution in [2.45, 2.75) is 20.4 Å². The van der Waals surface area contributed by atoms with Crippen molar-refractivity contribution in [2.24, 2.45) is 0 Å². The molecule has 10 nitrogen and oxygen atoms in total. The quantitative estimate of drug-likeness (QED) is 0.241. The number of halogens is 2. The third-order valence-electron chi connectivity index (χ3n) is 5.76. The molecule has 0 radical (unpaired) electrons. The third kappa shape index (κ3) is 5.31. The summed E-state index contributed by atoms with van der Waals surface area (Å²) in [7, 11) is 0. The number of pyridine rings is 1. The summed E-state index contributed by atoms with van der Waals surface area (Å²) in [6, 6.07) is 9.93. The SMILES string of the molecule is CCn1nc(-c2cccc(-c3cc(C(=O)O)ccc3O)c2C)cc(NC(=O)Nc2c(Cl)cncc2Cl)c1=O. The van der Waals surface area contributed by atoms with Crippen LogP contribution in [0.3, 0.4) is 0 Å². The maximum Gasteiger partial charge on any atom is 0.335 e. The van der Waals surface area contributed by atoms with Crippen LogP contribution < -0.4 is 16.2 Å². The second-order valence-corrected chi connectivity index (χ2v) is 8.95. The molecule has 0 spiro atoms. The number of carbonyl (C=O) groups is 2. The van der Waals surface area contributed by atoms with Gasteiger partial charge in [0.05, 0.1) is 27.0 Å². The van der Waals surface area contributed by atoms with Crippen LogP contribution in [-0.4, -0.2) is 37.0 Å². The van der Waals surface area contributed by atoms with E-state index in [1.165, 1.54) is 41.3 Å². The molecule has 4 rings (SSSR count). The molecular weight excluding hydrogens is 533 g/mol. The van der Waals surface area contributed by atoms with E-state index in [-0.39, 0.29) is 39.3 Å². The van der Waals surface area contributed by atoms with E-state index in [9.17, 15) is 24.6 Å². The summed E-state index contributed by atoms with van der Waals surface area (Å²) in [6.07, 6.45) is 2.63. The molecule has 0 atom stereocenters. The summed E-state index contributed by atoms with van der Waals surface area (Å²) in [4.78, 5) is 40.9. The average Bonchev–Trinajstić information content (AvgIpc) is 2.88. The molecule has 0 aliphatic heterocycles. The van der Waals surface area contributed by atoms with Gasteiger partial charge in [0.2, 0.25) is 0 Å². The van der Waals surface area contributed by atoms with Gasteiger partial charge in [-0.2, -0.15) is 5.10 Å². The van der Waals surface area contributed by atoms with Gasteiger partial charge in [-0.15, -0.1) is 0 Å². The van der Waals surface area contributed by atoms with E-state index in [1.807, 2.05) is 0 Å². The summed E-state index contributed by atoms with van der Waals surface area (Å²) >= 11 is 12.1. The van der Waals surface area contributed by atoms with Gasteiger partial charge in [0, 0.05) is 30.1 Å². The summed E-state index contributed by atoms with van der Waals surface area (Å²) < 4.78 is 1.20. The number of carboxylic acids is 1. The molecule has 0 unspecified atom stereocenters. The summed E-state index contributed by atoms with van der Waals surface area (Å²) in [5.74, 6) is -1.21. The van der Waals surface area contributed by atoms with Crippen molar-refractivity contribution in [2.75, 3.05) is 10.6 Å². The fourth-order valence-electron chi connectivity index (χ4n) is 3.86. The van der Waals surface area contributed by atoms with Gasteiger partial charge in [0.25, 0.3) is 5.56 Å². The molecular formula is C26H21Cl2N5O5. The first kappa shape index (κ1) is 26.6. The molecule has 194 valence electrons. The molecule has 2 heterocycles. The van der Waals surface area contributed by atoms with E-state index < -0.39 is 17.6 Å². The first-order chi connectivity index (χ1) is 18.1. The van der Waals surface area contributed by atoms with Crippen LogP contribution in [0.5, 0.6) is 5.75 Å². The van der Waals surface area contributed by atoms with E-state index in [4.69, 9.17) is 23.2 Å². The summed E-state index contributed by atoms with van der Waals surface area (Å²) in [5.41, 5.74) is 2.14. The zero-order valence-corrected chi connectivity index (χ0v) is 21.6. The number of carboxylic acid groups (broad SMARTS) is 1. The average molecular weight is 554 g/mol. The number of anilines is 2. The lowest BCUT2D eigenvalue weighted by Crippen LogP contribution is -2.29. The zero-order valence-electron chi connectivity index (χ0n) is 20.1. The lowest BCUT2D eigenvalue weighted by Gasteiger charge is -2.15. The molecule has 12 heteroatoms. The van der Waals surface area contributed by atoms with Crippen LogP contribution in [0.1, 0.15) is 22.8 Å². The first-order valence-corrected chi connectivity index (χ1v) is 12.0. The van der Waals surface area contributed by atoms with Crippen LogP contribution >= 0.6 is 23.2 Å². The minimum Gasteiger partial charge on any atom is -0.507 e. The molecule has 0 saturated heterocycles. The van der Waals surface area contributed by atoms with E-state index in [1.54, 1.807) is 32.0 Å². The van der Waals surface area contributed by atoms with Crippen LogP contribution in [0.25, 0.3) is 22.4 Å². The van der Waals surface area contributed by atoms with Crippen molar-refractivity contribution < 1.29 is 19.8 Å². The van der Waals surface area contributed by atoms with Crippen molar-refractivity contribution in [3.8, 4) is 28.1 Å². The van der Waals surface area contributed by atoms with Crippen molar-refractivity contribution in [1.29, 1.82) is 0 Å². The Morgan fingerprint density at radius 3 is 2.34 bits per heavy atom. The van der Waals surface area contributed by atoms with Gasteiger partial charge in [-0.3, -0.25) is 9.78 Å². The van der Waals surface area contributed by atoms with Gasteiger partial charge < -0.3 is 20.8 Å². The molecule has 2 amide bonds. The summed E-state index contributed by atoms with van der Waals surface area (Å²) in [6.45, 7) is 3.75. The zero-order chi connectivity index (χ0) is 27.6. The van der Waals surface area contributed by atoms with Crippen molar-refractivity contribution >= 4 is 46.6 Å². The Morgan fingerprint density at radius 1 is 1.00 bits per heavy atom. The number of aromatic hydroxyl groups is 1. The highest BCUT2D eigenvalue weighted by atomic mass is 35.5. The highest BCUT2D eigenvalue weighted by Gasteiger charge is 2.18. The van der Waals surface area contributed by atoms with Crippen LogP contribution in [0.15, 0.2) is 59.7 Å². The number of hydrogen-bond donors (Lipinski definition) is 4. The normalized spacial score (nSPS) is 10.7. The Hall–Kier alpha value is -4.41.